The van der Waals surface area contributed by atoms with E-state index < -0.39 is 10.0 Å². The maximum atomic E-state index is 12.7. The first-order valence-corrected chi connectivity index (χ1v) is 10.7. The van der Waals surface area contributed by atoms with Gasteiger partial charge in [-0.1, -0.05) is 50.1 Å². The average Bonchev–Trinajstić information content (AvgIpc) is 3.12. The van der Waals surface area contributed by atoms with E-state index >= 15 is 0 Å². The van der Waals surface area contributed by atoms with Crippen molar-refractivity contribution in [1.82, 2.24) is 14.8 Å². The zero-order valence-electron chi connectivity index (χ0n) is 15.8. The van der Waals surface area contributed by atoms with Crippen LogP contribution in [0.4, 0.5) is 5.95 Å². The van der Waals surface area contributed by atoms with Gasteiger partial charge in [0.05, 0.1) is 18.0 Å². The number of nitrogens with zero attached hydrogens (tertiary/aromatic N) is 3. The molecule has 3 aromatic rings. The Morgan fingerprint density at radius 1 is 1.04 bits per heavy atom. The molecule has 0 aliphatic rings. The summed E-state index contributed by atoms with van der Waals surface area (Å²) in [6.45, 7) is 3.23. The number of anilines is 1. The quantitative estimate of drug-likeness (QED) is 0.525. The van der Waals surface area contributed by atoms with Crippen LogP contribution >= 0.6 is 0 Å². The molecule has 0 spiro atoms. The summed E-state index contributed by atoms with van der Waals surface area (Å²) in [7, 11) is -3.77. The van der Waals surface area contributed by atoms with Gasteiger partial charge in [0.1, 0.15) is 12.1 Å². The second kappa shape index (κ2) is 9.36. The lowest BCUT2D eigenvalue weighted by molar-refractivity contribution is 0.306. The normalized spacial score (nSPS) is 11.3. The predicted octanol–water partition coefficient (Wildman–Crippen LogP) is 3.70. The molecule has 8 heteroatoms. The van der Waals surface area contributed by atoms with Crippen molar-refractivity contribution < 1.29 is 13.2 Å². The third-order valence-corrected chi connectivity index (χ3v) is 5.53. The van der Waals surface area contributed by atoms with E-state index in [4.69, 9.17) is 4.74 Å². The van der Waals surface area contributed by atoms with Crippen molar-refractivity contribution in [1.29, 1.82) is 0 Å². The standard InChI is InChI=1S/C20H24N4O3S/c1-2-3-7-14-27-18-10-12-19(13-11-18)28(25,26)23-20-22-21-16-24(20)15-17-8-5-4-6-9-17/h4-6,8-13,16H,2-3,7,14-15H2,1H3,(H,22,23). The van der Waals surface area contributed by atoms with Crippen molar-refractivity contribution in [3.8, 4) is 5.75 Å². The number of rotatable bonds is 10. The minimum absolute atomic E-state index is 0.141. The largest absolute Gasteiger partial charge is 0.494 e. The number of aromatic nitrogens is 3. The fraction of sp³-hybridized carbons (Fsp3) is 0.300. The molecule has 28 heavy (non-hydrogen) atoms. The van der Waals surface area contributed by atoms with E-state index in [2.05, 4.69) is 21.8 Å². The highest BCUT2D eigenvalue weighted by Gasteiger charge is 2.18. The Kier molecular flexibility index (Phi) is 6.65. The highest BCUT2D eigenvalue weighted by atomic mass is 32.2. The molecule has 0 fully saturated rings. The van der Waals surface area contributed by atoms with Crippen LogP contribution in [0, 0.1) is 0 Å². The Morgan fingerprint density at radius 3 is 2.50 bits per heavy atom. The van der Waals surface area contributed by atoms with Crippen LogP contribution in [-0.2, 0) is 16.6 Å². The van der Waals surface area contributed by atoms with Crippen LogP contribution in [0.25, 0.3) is 0 Å². The molecule has 0 radical (unpaired) electrons. The fourth-order valence-electron chi connectivity index (χ4n) is 2.67. The number of sulfonamides is 1. The summed E-state index contributed by atoms with van der Waals surface area (Å²) < 4.78 is 35.1. The molecule has 0 saturated carbocycles. The van der Waals surface area contributed by atoms with E-state index in [9.17, 15) is 8.42 Å². The summed E-state index contributed by atoms with van der Waals surface area (Å²) in [6.07, 6.45) is 4.72. The molecule has 0 amide bonds. The molecule has 3 rings (SSSR count). The third kappa shape index (κ3) is 5.32. The van der Waals surface area contributed by atoms with Crippen LogP contribution in [-0.4, -0.2) is 29.8 Å². The molecule has 0 aliphatic carbocycles. The van der Waals surface area contributed by atoms with Crippen molar-refractivity contribution in [3.05, 3.63) is 66.5 Å². The third-order valence-electron chi connectivity index (χ3n) is 4.19. The predicted molar refractivity (Wildman–Crippen MR) is 108 cm³/mol. The topological polar surface area (TPSA) is 86.1 Å². The lowest BCUT2D eigenvalue weighted by Crippen LogP contribution is -2.17. The van der Waals surface area contributed by atoms with E-state index in [1.165, 1.54) is 18.5 Å². The zero-order chi connectivity index (χ0) is 19.8. The van der Waals surface area contributed by atoms with E-state index in [1.807, 2.05) is 30.3 Å². The van der Waals surface area contributed by atoms with Gasteiger partial charge in [0, 0.05) is 0 Å². The minimum atomic E-state index is -3.77. The van der Waals surface area contributed by atoms with Gasteiger partial charge in [-0.15, -0.1) is 10.2 Å². The van der Waals surface area contributed by atoms with Gasteiger partial charge in [0.25, 0.3) is 10.0 Å². The van der Waals surface area contributed by atoms with E-state index in [0.29, 0.717) is 18.9 Å². The van der Waals surface area contributed by atoms with Gasteiger partial charge in [-0.2, -0.15) is 0 Å². The number of ether oxygens (including phenoxy) is 1. The summed E-state index contributed by atoms with van der Waals surface area (Å²) in [5.74, 6) is 0.825. The van der Waals surface area contributed by atoms with E-state index in [0.717, 1.165) is 24.8 Å². The van der Waals surface area contributed by atoms with Crippen molar-refractivity contribution in [3.63, 3.8) is 0 Å². The molecule has 148 valence electrons. The molecule has 1 heterocycles. The highest BCUT2D eigenvalue weighted by Crippen LogP contribution is 2.19. The second-order valence-electron chi connectivity index (χ2n) is 6.40. The summed E-state index contributed by atoms with van der Waals surface area (Å²) in [5, 5.41) is 7.72. The first-order chi connectivity index (χ1) is 13.6. The van der Waals surface area contributed by atoms with Crippen LogP contribution in [0.3, 0.4) is 0 Å². The SMILES string of the molecule is CCCCCOc1ccc(S(=O)(=O)Nc2nncn2Cc2ccccc2)cc1. The smallest absolute Gasteiger partial charge is 0.264 e. The van der Waals surface area contributed by atoms with Crippen molar-refractivity contribution in [2.75, 3.05) is 11.3 Å². The molecular formula is C20H24N4O3S. The molecule has 7 nitrogen and oxygen atoms in total. The molecule has 0 bridgehead atoms. The van der Waals surface area contributed by atoms with Gasteiger partial charge in [-0.25, -0.2) is 13.1 Å². The Morgan fingerprint density at radius 2 is 1.79 bits per heavy atom. The highest BCUT2D eigenvalue weighted by molar-refractivity contribution is 7.92. The van der Waals surface area contributed by atoms with E-state index in [1.54, 1.807) is 16.7 Å². The lowest BCUT2D eigenvalue weighted by Gasteiger charge is -2.10. The van der Waals surface area contributed by atoms with Gasteiger partial charge in [-0.05, 0) is 36.2 Å². The zero-order valence-corrected chi connectivity index (χ0v) is 16.6. The van der Waals surface area contributed by atoms with E-state index in [-0.39, 0.29) is 10.8 Å². The minimum Gasteiger partial charge on any atom is -0.494 e. The number of hydrogen-bond donors (Lipinski definition) is 1. The summed E-state index contributed by atoms with van der Waals surface area (Å²) in [6, 6.07) is 16.1. The molecule has 0 aliphatic heterocycles. The molecule has 1 aromatic heterocycles. The summed E-state index contributed by atoms with van der Waals surface area (Å²) >= 11 is 0. The number of benzene rings is 2. The lowest BCUT2D eigenvalue weighted by atomic mass is 10.2. The molecular weight excluding hydrogens is 376 g/mol. The molecule has 1 N–H and O–H groups in total. The van der Waals surface area contributed by atoms with Crippen molar-refractivity contribution in [2.45, 2.75) is 37.6 Å². The van der Waals surface area contributed by atoms with Crippen LogP contribution in [0.1, 0.15) is 31.7 Å². The van der Waals surface area contributed by atoms with Crippen molar-refractivity contribution in [2.24, 2.45) is 0 Å². The van der Waals surface area contributed by atoms with Crippen LogP contribution in [0.15, 0.2) is 65.8 Å². The molecule has 2 aromatic carbocycles. The first-order valence-electron chi connectivity index (χ1n) is 9.26. The molecule has 0 saturated heterocycles. The maximum Gasteiger partial charge on any atom is 0.264 e. The van der Waals surface area contributed by atoms with Crippen LogP contribution < -0.4 is 9.46 Å². The number of nitrogens with one attached hydrogen (secondary N) is 1. The van der Waals surface area contributed by atoms with Gasteiger partial charge < -0.3 is 4.74 Å². The van der Waals surface area contributed by atoms with Gasteiger partial charge in [0.15, 0.2) is 0 Å². The average molecular weight is 401 g/mol. The van der Waals surface area contributed by atoms with Gasteiger partial charge >= 0.3 is 0 Å². The Bertz CT molecular complexity index is 970. The van der Waals surface area contributed by atoms with Crippen LogP contribution in [0.2, 0.25) is 0 Å². The Balaban J connectivity index is 1.66. The Hall–Kier alpha value is -2.87. The monoisotopic (exact) mass is 400 g/mol. The second-order valence-corrected chi connectivity index (χ2v) is 8.08. The van der Waals surface area contributed by atoms with Crippen molar-refractivity contribution >= 4 is 16.0 Å². The maximum absolute atomic E-state index is 12.7. The van der Waals surface area contributed by atoms with Gasteiger partial charge in [0.2, 0.25) is 5.95 Å². The fourth-order valence-corrected chi connectivity index (χ4v) is 3.68. The summed E-state index contributed by atoms with van der Waals surface area (Å²) in [4.78, 5) is 0.141. The summed E-state index contributed by atoms with van der Waals surface area (Å²) in [5.41, 5.74) is 1.02. The molecule has 0 unspecified atom stereocenters. The first kappa shape index (κ1) is 19.9. The Labute approximate surface area is 165 Å². The molecule has 0 atom stereocenters. The number of unbranched alkanes of at least 4 members (excludes halogenated alkanes) is 2. The van der Waals surface area contributed by atoms with Gasteiger partial charge in [-0.3, -0.25) is 4.57 Å². The van der Waals surface area contributed by atoms with Crippen LogP contribution in [0.5, 0.6) is 5.75 Å². The number of hydrogen-bond acceptors (Lipinski definition) is 5.